The van der Waals surface area contributed by atoms with Gasteiger partial charge in [-0.2, -0.15) is 0 Å². The molecule has 0 bridgehead atoms. The van der Waals surface area contributed by atoms with Crippen LogP contribution in [0.25, 0.3) is 16.7 Å². The molecule has 3 rings (SSSR count). The first kappa shape index (κ1) is 12.2. The van der Waals surface area contributed by atoms with Crippen LogP contribution in [0.2, 0.25) is 0 Å². The Morgan fingerprint density at radius 2 is 1.79 bits per heavy atom. The molecule has 0 spiro atoms. The summed E-state index contributed by atoms with van der Waals surface area (Å²) in [7, 11) is 0. The van der Waals surface area contributed by atoms with Gasteiger partial charge in [0.1, 0.15) is 11.2 Å². The molecule has 0 amide bonds. The highest BCUT2D eigenvalue weighted by Gasteiger charge is 2.16. The third-order valence-electron chi connectivity index (χ3n) is 2.79. The second-order valence-corrected chi connectivity index (χ2v) is 4.59. The van der Waals surface area contributed by atoms with Crippen molar-refractivity contribution in [3.63, 3.8) is 0 Å². The molecule has 0 fully saturated rings. The molecule has 0 radical (unpaired) electrons. The van der Waals surface area contributed by atoms with Crippen molar-refractivity contribution in [2.75, 3.05) is 0 Å². The molecule has 1 heterocycles. The third-order valence-corrected chi connectivity index (χ3v) is 3.44. The van der Waals surface area contributed by atoms with E-state index >= 15 is 0 Å². The van der Waals surface area contributed by atoms with Crippen molar-refractivity contribution in [2.45, 2.75) is 5.33 Å². The van der Waals surface area contributed by atoms with E-state index in [1.165, 1.54) is 16.8 Å². The molecule has 0 saturated carbocycles. The predicted molar refractivity (Wildman–Crippen MR) is 71.4 cm³/mol. The fourth-order valence-corrected chi connectivity index (χ4v) is 2.26. The van der Waals surface area contributed by atoms with Gasteiger partial charge in [0.25, 0.3) is 0 Å². The van der Waals surface area contributed by atoms with E-state index in [1.807, 2.05) is 0 Å². The summed E-state index contributed by atoms with van der Waals surface area (Å²) in [5, 5.41) is 8.10. The van der Waals surface area contributed by atoms with Gasteiger partial charge in [-0.1, -0.05) is 33.3 Å². The molecule has 0 aliphatic rings. The summed E-state index contributed by atoms with van der Waals surface area (Å²) in [6.07, 6.45) is 0. The molecule has 6 heteroatoms. The number of hydrogen-bond acceptors (Lipinski definition) is 2. The summed E-state index contributed by atoms with van der Waals surface area (Å²) in [5.41, 5.74) is 1.47. The highest BCUT2D eigenvalue weighted by atomic mass is 79.9. The molecule has 0 atom stereocenters. The number of alkyl halides is 1. The van der Waals surface area contributed by atoms with Crippen molar-refractivity contribution in [3.05, 3.63) is 53.6 Å². The lowest BCUT2D eigenvalue weighted by atomic mass is 10.2. The minimum Gasteiger partial charge on any atom is -0.207 e. The molecule has 3 aromatic rings. The van der Waals surface area contributed by atoms with Crippen LogP contribution in [-0.4, -0.2) is 15.0 Å². The van der Waals surface area contributed by atoms with Gasteiger partial charge in [0.05, 0.1) is 5.52 Å². The smallest absolute Gasteiger partial charge is 0.152 e. The summed E-state index contributed by atoms with van der Waals surface area (Å²) in [6.45, 7) is 0. The van der Waals surface area contributed by atoms with Crippen LogP contribution in [0, 0.1) is 11.6 Å². The maximum absolute atomic E-state index is 14.0. The van der Waals surface area contributed by atoms with Crippen molar-refractivity contribution in [1.82, 2.24) is 15.0 Å². The Morgan fingerprint density at radius 3 is 2.47 bits per heavy atom. The Hall–Kier alpha value is -1.82. The fraction of sp³-hybridized carbons (Fsp3) is 0.0769. The molecule has 0 saturated heterocycles. The predicted octanol–water partition coefficient (Wildman–Crippen LogP) is 3.59. The molecular weight excluding hydrogens is 316 g/mol. The summed E-state index contributed by atoms with van der Waals surface area (Å²) in [4.78, 5) is 0. The summed E-state index contributed by atoms with van der Waals surface area (Å²) >= 11 is 3.17. The lowest BCUT2D eigenvalue weighted by molar-refractivity contribution is 0.557. The summed E-state index contributed by atoms with van der Waals surface area (Å²) in [6, 6.07) is 9.58. The molecule has 1 aromatic heterocycles. The topological polar surface area (TPSA) is 30.7 Å². The van der Waals surface area contributed by atoms with Gasteiger partial charge in [-0.15, -0.1) is 5.10 Å². The van der Waals surface area contributed by atoms with Gasteiger partial charge in [0.2, 0.25) is 0 Å². The molecule has 19 heavy (non-hydrogen) atoms. The summed E-state index contributed by atoms with van der Waals surface area (Å²) < 4.78 is 29.3. The Labute approximate surface area is 116 Å². The summed E-state index contributed by atoms with van der Waals surface area (Å²) in [5.74, 6) is -1.32. The van der Waals surface area contributed by atoms with Gasteiger partial charge < -0.3 is 0 Å². The normalized spacial score (nSPS) is 11.1. The van der Waals surface area contributed by atoms with Gasteiger partial charge in [-0.3, -0.25) is 0 Å². The Bertz CT molecular complexity index is 731. The number of aromatic nitrogens is 3. The molecular formula is C13H8BrF2N3. The maximum Gasteiger partial charge on any atom is 0.152 e. The number of rotatable bonds is 2. The molecule has 0 unspecified atom stereocenters. The first-order valence-corrected chi connectivity index (χ1v) is 6.67. The van der Waals surface area contributed by atoms with E-state index in [9.17, 15) is 8.78 Å². The number of para-hydroxylation sites is 1. The second kappa shape index (κ2) is 4.70. The number of benzene rings is 2. The standard InChI is InChI=1S/C13H8BrF2N3/c14-7-8-5-9(15)13(10(16)6-8)19-12-4-2-1-3-11(12)17-18-19/h1-6H,7H2. The van der Waals surface area contributed by atoms with Crippen molar-refractivity contribution < 1.29 is 8.78 Å². The minimum atomic E-state index is -0.662. The van der Waals surface area contributed by atoms with E-state index in [-0.39, 0.29) is 5.69 Å². The van der Waals surface area contributed by atoms with Gasteiger partial charge in [-0.25, -0.2) is 13.5 Å². The van der Waals surface area contributed by atoms with E-state index in [4.69, 9.17) is 0 Å². The van der Waals surface area contributed by atoms with Crippen LogP contribution in [0.1, 0.15) is 5.56 Å². The van der Waals surface area contributed by atoms with E-state index < -0.39 is 11.6 Å². The monoisotopic (exact) mass is 323 g/mol. The SMILES string of the molecule is Fc1cc(CBr)cc(F)c1-n1nnc2ccccc21. The maximum atomic E-state index is 14.0. The van der Waals surface area contributed by atoms with Gasteiger partial charge >= 0.3 is 0 Å². The second-order valence-electron chi connectivity index (χ2n) is 4.03. The van der Waals surface area contributed by atoms with E-state index in [1.54, 1.807) is 24.3 Å². The first-order chi connectivity index (χ1) is 9.20. The number of hydrogen-bond donors (Lipinski definition) is 0. The van der Waals surface area contributed by atoms with Crippen LogP contribution in [0.5, 0.6) is 0 Å². The highest BCUT2D eigenvalue weighted by Crippen LogP contribution is 2.23. The molecule has 96 valence electrons. The van der Waals surface area contributed by atoms with Crippen LogP contribution in [-0.2, 0) is 5.33 Å². The highest BCUT2D eigenvalue weighted by molar-refractivity contribution is 9.08. The lowest BCUT2D eigenvalue weighted by Gasteiger charge is -2.07. The average molecular weight is 324 g/mol. The van der Waals surface area contributed by atoms with Crippen LogP contribution < -0.4 is 0 Å². The largest absolute Gasteiger partial charge is 0.207 e. The van der Waals surface area contributed by atoms with Gasteiger partial charge in [0.15, 0.2) is 11.6 Å². The molecule has 2 aromatic carbocycles. The Balaban J connectivity index is 2.27. The van der Waals surface area contributed by atoms with Crippen molar-refractivity contribution in [3.8, 4) is 5.69 Å². The lowest BCUT2D eigenvalue weighted by Crippen LogP contribution is -2.04. The number of halogens is 3. The third kappa shape index (κ3) is 2.02. The quantitative estimate of drug-likeness (QED) is 0.675. The zero-order chi connectivity index (χ0) is 13.4. The van der Waals surface area contributed by atoms with Crippen molar-refractivity contribution in [1.29, 1.82) is 0 Å². The zero-order valence-corrected chi connectivity index (χ0v) is 11.2. The molecule has 3 nitrogen and oxygen atoms in total. The van der Waals surface area contributed by atoms with Crippen LogP contribution in [0.15, 0.2) is 36.4 Å². The van der Waals surface area contributed by atoms with E-state index in [0.29, 0.717) is 21.9 Å². The van der Waals surface area contributed by atoms with Crippen LogP contribution in [0.4, 0.5) is 8.78 Å². The average Bonchev–Trinajstić information content (AvgIpc) is 2.82. The Morgan fingerprint density at radius 1 is 1.11 bits per heavy atom. The fourth-order valence-electron chi connectivity index (χ4n) is 1.93. The molecule has 0 aliphatic carbocycles. The van der Waals surface area contributed by atoms with Crippen LogP contribution >= 0.6 is 15.9 Å². The molecule has 0 aliphatic heterocycles. The minimum absolute atomic E-state index is 0.210. The van der Waals surface area contributed by atoms with E-state index in [0.717, 1.165) is 0 Å². The zero-order valence-electron chi connectivity index (χ0n) is 9.65. The van der Waals surface area contributed by atoms with E-state index in [2.05, 4.69) is 26.2 Å². The van der Waals surface area contributed by atoms with Crippen molar-refractivity contribution >= 4 is 27.0 Å². The van der Waals surface area contributed by atoms with Crippen LogP contribution in [0.3, 0.4) is 0 Å². The molecule has 0 N–H and O–H groups in total. The first-order valence-electron chi connectivity index (χ1n) is 5.55. The van der Waals surface area contributed by atoms with Gasteiger partial charge in [-0.05, 0) is 29.8 Å². The Kier molecular flexibility index (Phi) is 3.02. The van der Waals surface area contributed by atoms with Crippen molar-refractivity contribution in [2.24, 2.45) is 0 Å². The van der Waals surface area contributed by atoms with Gasteiger partial charge in [0, 0.05) is 5.33 Å². The number of fused-ring (bicyclic) bond motifs is 1. The number of nitrogens with zero attached hydrogens (tertiary/aromatic N) is 3.